The highest BCUT2D eigenvalue weighted by Crippen LogP contribution is 2.09. The van der Waals surface area contributed by atoms with Crippen LogP contribution in [0.4, 0.5) is 0 Å². The van der Waals surface area contributed by atoms with Gasteiger partial charge in [-0.2, -0.15) is 4.31 Å². The van der Waals surface area contributed by atoms with E-state index in [2.05, 4.69) is 22.1 Å². The SMILES string of the molecule is CCCCOCCCNC(=NC)N1CCN(S(=O)(=O)CCOC(C)C)CC1. The molecule has 1 N–H and O–H groups in total. The summed E-state index contributed by atoms with van der Waals surface area (Å²) in [4.78, 5) is 6.42. The summed E-state index contributed by atoms with van der Waals surface area (Å²) in [6, 6.07) is 0. The molecule has 0 spiro atoms. The van der Waals surface area contributed by atoms with Crippen LogP contribution in [0.2, 0.25) is 0 Å². The molecule has 0 atom stereocenters. The van der Waals surface area contributed by atoms with Crippen LogP contribution in [0, 0.1) is 0 Å². The Balaban J connectivity index is 2.30. The third kappa shape index (κ3) is 9.73. The zero-order chi connectivity index (χ0) is 20.1. The second-order valence-corrected chi connectivity index (χ2v) is 9.00. The molecular weight excluding hydrogens is 368 g/mol. The quantitative estimate of drug-likeness (QED) is 0.297. The van der Waals surface area contributed by atoms with E-state index in [0.717, 1.165) is 45.0 Å². The third-order valence-electron chi connectivity index (χ3n) is 4.33. The highest BCUT2D eigenvalue weighted by Gasteiger charge is 2.27. The number of guanidine groups is 1. The summed E-state index contributed by atoms with van der Waals surface area (Å²) in [5.74, 6) is 0.861. The van der Waals surface area contributed by atoms with Gasteiger partial charge in [0.1, 0.15) is 0 Å². The van der Waals surface area contributed by atoms with Crippen molar-refractivity contribution in [3.63, 3.8) is 0 Å². The zero-order valence-electron chi connectivity index (χ0n) is 17.4. The fourth-order valence-corrected chi connectivity index (χ4v) is 4.04. The Morgan fingerprint density at radius 3 is 2.37 bits per heavy atom. The molecule has 0 unspecified atom stereocenters. The number of hydrogen-bond acceptors (Lipinski definition) is 5. The van der Waals surface area contributed by atoms with Crippen molar-refractivity contribution in [2.24, 2.45) is 4.99 Å². The van der Waals surface area contributed by atoms with E-state index in [9.17, 15) is 8.42 Å². The van der Waals surface area contributed by atoms with E-state index < -0.39 is 10.0 Å². The average Bonchev–Trinajstić information content (AvgIpc) is 2.64. The minimum absolute atomic E-state index is 0.0379. The number of ether oxygens (including phenoxy) is 2. The molecule has 8 nitrogen and oxygen atoms in total. The monoisotopic (exact) mass is 406 g/mol. The lowest BCUT2D eigenvalue weighted by Crippen LogP contribution is -2.54. The molecular formula is C18H38N4O4S. The van der Waals surface area contributed by atoms with E-state index in [-0.39, 0.29) is 18.5 Å². The molecule has 0 amide bonds. The highest BCUT2D eigenvalue weighted by atomic mass is 32.2. The largest absolute Gasteiger partial charge is 0.381 e. The lowest BCUT2D eigenvalue weighted by molar-refractivity contribution is 0.0904. The minimum atomic E-state index is -3.26. The Labute approximate surface area is 165 Å². The molecule has 1 rings (SSSR count). The molecule has 27 heavy (non-hydrogen) atoms. The maximum Gasteiger partial charge on any atom is 0.216 e. The first-order valence-electron chi connectivity index (χ1n) is 10.0. The van der Waals surface area contributed by atoms with Gasteiger partial charge in [0.2, 0.25) is 10.0 Å². The van der Waals surface area contributed by atoms with Crippen molar-refractivity contribution in [1.29, 1.82) is 0 Å². The van der Waals surface area contributed by atoms with Crippen molar-refractivity contribution in [3.05, 3.63) is 0 Å². The first kappa shape index (κ1) is 24.1. The number of nitrogens with one attached hydrogen (secondary N) is 1. The van der Waals surface area contributed by atoms with Crippen LogP contribution >= 0.6 is 0 Å². The molecule has 0 aromatic heterocycles. The van der Waals surface area contributed by atoms with Crippen molar-refractivity contribution in [2.75, 3.05) is 65.3 Å². The summed E-state index contributed by atoms with van der Waals surface area (Å²) in [5, 5.41) is 3.34. The first-order valence-corrected chi connectivity index (χ1v) is 11.6. The van der Waals surface area contributed by atoms with Crippen molar-refractivity contribution < 1.29 is 17.9 Å². The van der Waals surface area contributed by atoms with E-state index in [1.54, 1.807) is 11.4 Å². The van der Waals surface area contributed by atoms with Crippen molar-refractivity contribution in [2.45, 2.75) is 46.1 Å². The van der Waals surface area contributed by atoms with Gasteiger partial charge in [0.05, 0.1) is 18.5 Å². The average molecular weight is 407 g/mol. The molecule has 1 fully saturated rings. The number of aliphatic imine (C=N–C) groups is 1. The zero-order valence-corrected chi connectivity index (χ0v) is 18.3. The van der Waals surface area contributed by atoms with E-state index in [1.165, 1.54) is 0 Å². The molecule has 1 aliphatic rings. The fraction of sp³-hybridized carbons (Fsp3) is 0.944. The highest BCUT2D eigenvalue weighted by molar-refractivity contribution is 7.89. The second kappa shape index (κ2) is 13.3. The standard InChI is InChI=1S/C18H38N4O4S/c1-5-6-13-25-14-7-8-20-18(19-4)21-9-11-22(12-10-21)27(23,24)16-15-26-17(2)3/h17H,5-16H2,1-4H3,(H,19,20). The fourth-order valence-electron chi connectivity index (χ4n) is 2.75. The van der Waals surface area contributed by atoms with Gasteiger partial charge in [0.25, 0.3) is 0 Å². The molecule has 0 radical (unpaired) electrons. The van der Waals surface area contributed by atoms with Crippen LogP contribution in [0.1, 0.15) is 40.0 Å². The van der Waals surface area contributed by atoms with E-state index in [4.69, 9.17) is 9.47 Å². The Hall–Kier alpha value is -0.900. The maximum atomic E-state index is 12.4. The third-order valence-corrected chi connectivity index (χ3v) is 6.16. The smallest absolute Gasteiger partial charge is 0.216 e. The van der Waals surface area contributed by atoms with E-state index in [0.29, 0.717) is 26.2 Å². The predicted octanol–water partition coefficient (Wildman–Crippen LogP) is 1.14. The van der Waals surface area contributed by atoms with Crippen LogP contribution in [0.25, 0.3) is 0 Å². The molecule has 0 saturated carbocycles. The summed E-state index contributed by atoms with van der Waals surface area (Å²) in [6.45, 7) is 10.8. The van der Waals surface area contributed by atoms with Crippen molar-refractivity contribution in [3.8, 4) is 0 Å². The van der Waals surface area contributed by atoms with Crippen LogP contribution in [-0.4, -0.2) is 95.0 Å². The normalized spacial score (nSPS) is 16.9. The summed E-state index contributed by atoms with van der Waals surface area (Å²) >= 11 is 0. The maximum absolute atomic E-state index is 12.4. The van der Waals surface area contributed by atoms with Crippen molar-refractivity contribution >= 4 is 16.0 Å². The van der Waals surface area contributed by atoms with Gasteiger partial charge in [-0.25, -0.2) is 8.42 Å². The number of hydrogen-bond donors (Lipinski definition) is 1. The summed E-state index contributed by atoms with van der Waals surface area (Å²) in [5.41, 5.74) is 0. The van der Waals surface area contributed by atoms with Crippen LogP contribution in [0.3, 0.4) is 0 Å². The molecule has 1 aliphatic heterocycles. The van der Waals surface area contributed by atoms with E-state index >= 15 is 0 Å². The predicted molar refractivity (Wildman–Crippen MR) is 110 cm³/mol. The summed E-state index contributed by atoms with van der Waals surface area (Å²) < 4.78 is 37.3. The molecule has 9 heteroatoms. The minimum Gasteiger partial charge on any atom is -0.381 e. The first-order chi connectivity index (χ1) is 12.9. The molecule has 1 saturated heterocycles. The van der Waals surface area contributed by atoms with Gasteiger partial charge in [-0.1, -0.05) is 13.3 Å². The van der Waals surface area contributed by atoms with Crippen LogP contribution in [0.15, 0.2) is 4.99 Å². The Bertz CT molecular complexity index is 517. The van der Waals surface area contributed by atoms with E-state index in [1.807, 2.05) is 13.8 Å². The van der Waals surface area contributed by atoms with Crippen LogP contribution in [-0.2, 0) is 19.5 Å². The topological polar surface area (TPSA) is 83.5 Å². The molecule has 0 aromatic rings. The lowest BCUT2D eigenvalue weighted by atomic mass is 10.3. The Morgan fingerprint density at radius 2 is 1.78 bits per heavy atom. The number of nitrogens with zero attached hydrogens (tertiary/aromatic N) is 3. The molecule has 0 bridgehead atoms. The van der Waals surface area contributed by atoms with Gasteiger partial charge < -0.3 is 19.7 Å². The number of piperazine rings is 1. The molecule has 0 aliphatic carbocycles. The summed E-state index contributed by atoms with van der Waals surface area (Å²) in [6.07, 6.45) is 3.22. The van der Waals surface area contributed by atoms with Gasteiger partial charge in [0.15, 0.2) is 5.96 Å². The van der Waals surface area contributed by atoms with Gasteiger partial charge in [0, 0.05) is 53.0 Å². The van der Waals surface area contributed by atoms with Crippen molar-refractivity contribution in [1.82, 2.24) is 14.5 Å². The summed E-state index contributed by atoms with van der Waals surface area (Å²) in [7, 11) is -1.51. The molecule has 160 valence electrons. The Kier molecular flexibility index (Phi) is 11.9. The van der Waals surface area contributed by atoms with Gasteiger partial charge in [-0.15, -0.1) is 0 Å². The number of unbranched alkanes of at least 4 members (excludes halogenated alkanes) is 1. The van der Waals surface area contributed by atoms with Gasteiger partial charge in [-0.3, -0.25) is 4.99 Å². The van der Waals surface area contributed by atoms with Gasteiger partial charge >= 0.3 is 0 Å². The Morgan fingerprint density at radius 1 is 1.11 bits per heavy atom. The number of rotatable bonds is 12. The van der Waals surface area contributed by atoms with Crippen LogP contribution in [0.5, 0.6) is 0 Å². The van der Waals surface area contributed by atoms with Crippen LogP contribution < -0.4 is 5.32 Å². The molecule has 1 heterocycles. The lowest BCUT2D eigenvalue weighted by Gasteiger charge is -2.35. The van der Waals surface area contributed by atoms with Gasteiger partial charge in [-0.05, 0) is 26.7 Å². The molecule has 0 aromatic carbocycles. The number of sulfonamides is 1. The second-order valence-electron chi connectivity index (χ2n) is 6.92.